The predicted octanol–water partition coefficient (Wildman–Crippen LogP) is -1.84. The molecule has 3 rings (SSSR count). The highest BCUT2D eigenvalue weighted by Gasteiger charge is 2.29. The number of hydrazine groups is 1. The van der Waals surface area contributed by atoms with Crippen LogP contribution >= 0.6 is 0 Å². The zero-order valence-corrected chi connectivity index (χ0v) is 17.3. The second kappa shape index (κ2) is 10.3. The van der Waals surface area contributed by atoms with Crippen LogP contribution in [0, 0.1) is 5.92 Å². The van der Waals surface area contributed by atoms with E-state index in [1.807, 2.05) is 4.90 Å². The lowest BCUT2D eigenvalue weighted by atomic mass is 10.3. The Kier molecular flexibility index (Phi) is 7.46. The molecule has 1 aliphatic heterocycles. The van der Waals surface area contributed by atoms with Crippen molar-refractivity contribution in [2.75, 3.05) is 37.8 Å². The predicted molar refractivity (Wildman–Crippen MR) is 111 cm³/mol. The van der Waals surface area contributed by atoms with E-state index in [2.05, 4.69) is 33.0 Å². The maximum Gasteiger partial charge on any atom is 0.288 e. The maximum atomic E-state index is 12.5. The molecule has 1 aromatic heterocycles. The molecular weight excluding hydrogens is 410 g/mol. The molecule has 1 saturated carbocycles. The molecule has 162 valence electrons. The minimum Gasteiger partial charge on any atom is -0.337 e. The van der Waals surface area contributed by atoms with Crippen molar-refractivity contribution in [2.45, 2.75) is 12.8 Å². The van der Waals surface area contributed by atoms with Crippen LogP contribution in [-0.2, 0) is 20.4 Å². The summed E-state index contributed by atoms with van der Waals surface area (Å²) >= 11 is 0. The average Bonchev–Trinajstić information content (AvgIpc) is 3.59. The second-order valence-corrected chi connectivity index (χ2v) is 8.68. The Labute approximate surface area is 176 Å². The number of carbonyl (C=O) groups excluding carboxylic acids is 3. The fourth-order valence-electron chi connectivity index (χ4n) is 2.89. The van der Waals surface area contributed by atoms with E-state index in [1.54, 1.807) is 12.1 Å². The molecule has 1 aliphatic carbocycles. The van der Waals surface area contributed by atoms with Gasteiger partial charge < -0.3 is 5.32 Å². The van der Waals surface area contributed by atoms with E-state index in [9.17, 15) is 18.6 Å². The van der Waals surface area contributed by atoms with Gasteiger partial charge in [-0.3, -0.25) is 34.3 Å². The molecule has 0 spiro atoms. The quantitative estimate of drug-likeness (QED) is 0.341. The van der Waals surface area contributed by atoms with Crippen molar-refractivity contribution in [3.05, 3.63) is 29.4 Å². The molecule has 1 saturated heterocycles. The zero-order chi connectivity index (χ0) is 21.5. The normalized spacial score (nSPS) is 17.9. The van der Waals surface area contributed by atoms with E-state index in [0.29, 0.717) is 30.1 Å². The number of amides is 3. The smallest absolute Gasteiger partial charge is 0.288 e. The summed E-state index contributed by atoms with van der Waals surface area (Å²) in [6.45, 7) is 4.79. The van der Waals surface area contributed by atoms with Crippen molar-refractivity contribution < 1.29 is 18.6 Å². The summed E-state index contributed by atoms with van der Waals surface area (Å²) < 4.78 is 12.6. The molecule has 3 N–H and O–H groups in total. The van der Waals surface area contributed by atoms with Crippen molar-refractivity contribution in [3.63, 3.8) is 0 Å². The van der Waals surface area contributed by atoms with E-state index < -0.39 is 16.7 Å². The Morgan fingerprint density at radius 3 is 2.57 bits per heavy atom. The fourth-order valence-corrected chi connectivity index (χ4v) is 4.01. The molecule has 30 heavy (non-hydrogen) atoms. The summed E-state index contributed by atoms with van der Waals surface area (Å²) in [6, 6.07) is 4.76. The first kappa shape index (κ1) is 21.8. The van der Waals surface area contributed by atoms with Gasteiger partial charge in [-0.15, -0.1) is 0 Å². The van der Waals surface area contributed by atoms with Gasteiger partial charge in [-0.2, -0.15) is 5.10 Å². The minimum atomic E-state index is -0.817. The molecule has 2 aliphatic rings. The van der Waals surface area contributed by atoms with E-state index in [0.717, 1.165) is 12.8 Å². The van der Waals surface area contributed by atoms with E-state index >= 15 is 0 Å². The summed E-state index contributed by atoms with van der Waals surface area (Å²) in [5.74, 6) is 0.169. The van der Waals surface area contributed by atoms with E-state index in [-0.39, 0.29) is 36.6 Å². The highest BCUT2D eigenvalue weighted by Crippen LogP contribution is 2.28. The van der Waals surface area contributed by atoms with Gasteiger partial charge in [-0.05, 0) is 25.0 Å². The van der Waals surface area contributed by atoms with Gasteiger partial charge in [0.25, 0.3) is 11.8 Å². The van der Waals surface area contributed by atoms with Crippen LogP contribution in [0.15, 0.2) is 28.3 Å². The number of nitrogens with one attached hydrogen (secondary N) is 3. The Morgan fingerprint density at radius 1 is 1.17 bits per heavy atom. The molecule has 0 unspecified atom stereocenters. The topological polar surface area (TPSA) is 137 Å². The Morgan fingerprint density at radius 2 is 1.90 bits per heavy atom. The number of nitrogens with zero attached hydrogens (tertiary/aromatic N) is 4. The fraction of sp³-hybridized carbons (Fsp3) is 0.500. The Hall–Kier alpha value is -2.86. The molecule has 0 aromatic carbocycles. The van der Waals surface area contributed by atoms with Gasteiger partial charge in [-0.25, -0.2) is 9.67 Å². The second-order valence-electron chi connectivity index (χ2n) is 6.98. The largest absolute Gasteiger partial charge is 0.337 e. The van der Waals surface area contributed by atoms with Crippen LogP contribution in [-0.4, -0.2) is 76.0 Å². The molecule has 2 heterocycles. The molecule has 12 heteroatoms. The SMILES string of the molecule is C=Nn1c(C(=O)NNC(=O)CN2CCS(=O)CC2)cccc1=NCNC(=O)C1CC1. The number of carbonyl (C=O) groups is 3. The number of rotatable bonds is 7. The van der Waals surface area contributed by atoms with Crippen molar-refractivity contribution in [1.29, 1.82) is 0 Å². The monoisotopic (exact) mass is 435 g/mol. The standard InChI is InChI=1S/C18H25N7O4S/c1-19-25-14(3-2-4-15(25)20-12-21-17(27)13-5-6-13)18(28)23-22-16(26)11-24-7-9-30(29)10-8-24/h2-4,13H,1,5-12H2,(H,21,27)(H,22,26)(H,23,28). The minimum absolute atomic E-state index is 0.0339. The third kappa shape index (κ3) is 6.07. The third-order valence-electron chi connectivity index (χ3n) is 4.71. The summed E-state index contributed by atoms with van der Waals surface area (Å²) in [4.78, 5) is 42.4. The molecule has 2 fully saturated rings. The van der Waals surface area contributed by atoms with Crippen LogP contribution in [0.25, 0.3) is 0 Å². The highest BCUT2D eigenvalue weighted by molar-refractivity contribution is 7.85. The van der Waals surface area contributed by atoms with E-state index in [1.165, 1.54) is 10.7 Å². The average molecular weight is 436 g/mol. The summed E-state index contributed by atoms with van der Waals surface area (Å²) in [7, 11) is -0.817. The molecule has 0 bridgehead atoms. The Balaban J connectivity index is 1.56. The van der Waals surface area contributed by atoms with Crippen LogP contribution in [0.1, 0.15) is 23.3 Å². The lowest BCUT2D eigenvalue weighted by Crippen LogP contribution is -2.49. The number of hydrogen-bond donors (Lipinski definition) is 3. The van der Waals surface area contributed by atoms with Gasteiger partial charge in [0.15, 0.2) is 5.49 Å². The molecule has 3 amide bonds. The van der Waals surface area contributed by atoms with Gasteiger partial charge in [0.1, 0.15) is 12.4 Å². The van der Waals surface area contributed by atoms with Crippen molar-refractivity contribution in [3.8, 4) is 0 Å². The number of aromatic nitrogens is 1. The maximum absolute atomic E-state index is 12.5. The molecule has 0 atom stereocenters. The van der Waals surface area contributed by atoms with Gasteiger partial charge in [-0.1, -0.05) is 6.07 Å². The number of hydrogen-bond acceptors (Lipinski definition) is 7. The lowest BCUT2D eigenvalue weighted by Gasteiger charge is -2.25. The molecule has 11 nitrogen and oxygen atoms in total. The first-order valence-corrected chi connectivity index (χ1v) is 11.1. The van der Waals surface area contributed by atoms with Crippen LogP contribution in [0.5, 0.6) is 0 Å². The van der Waals surface area contributed by atoms with E-state index in [4.69, 9.17) is 0 Å². The van der Waals surface area contributed by atoms with Crippen molar-refractivity contribution >= 4 is 35.2 Å². The van der Waals surface area contributed by atoms with Crippen LogP contribution in [0.2, 0.25) is 0 Å². The summed E-state index contributed by atoms with van der Waals surface area (Å²) in [5, 5.41) is 6.53. The zero-order valence-electron chi connectivity index (χ0n) is 16.5. The molecule has 1 aromatic rings. The van der Waals surface area contributed by atoms with Gasteiger partial charge in [0.2, 0.25) is 5.91 Å². The van der Waals surface area contributed by atoms with Crippen molar-refractivity contribution in [2.24, 2.45) is 16.0 Å². The molecular formula is C18H25N7O4S. The van der Waals surface area contributed by atoms with Gasteiger partial charge in [0.05, 0.1) is 6.54 Å². The van der Waals surface area contributed by atoms with Gasteiger partial charge >= 0.3 is 0 Å². The third-order valence-corrected chi connectivity index (χ3v) is 5.99. The summed E-state index contributed by atoms with van der Waals surface area (Å²) in [5.41, 5.74) is 5.17. The highest BCUT2D eigenvalue weighted by atomic mass is 32.2. The first-order chi connectivity index (χ1) is 14.5. The number of pyridine rings is 1. The first-order valence-electron chi connectivity index (χ1n) is 9.61. The molecule has 0 radical (unpaired) electrons. The lowest BCUT2D eigenvalue weighted by molar-refractivity contribution is -0.123. The van der Waals surface area contributed by atoms with Crippen LogP contribution < -0.4 is 21.7 Å². The van der Waals surface area contributed by atoms with Crippen LogP contribution in [0.4, 0.5) is 0 Å². The van der Waals surface area contributed by atoms with Crippen LogP contribution in [0.3, 0.4) is 0 Å². The Bertz CT molecular complexity index is 915. The van der Waals surface area contributed by atoms with Crippen molar-refractivity contribution in [1.82, 2.24) is 25.7 Å². The summed E-state index contributed by atoms with van der Waals surface area (Å²) in [6.07, 6.45) is 1.80. The van der Waals surface area contributed by atoms with Gasteiger partial charge in [0, 0.05) is 48.0 Å².